The maximum atomic E-state index is 6.17. The summed E-state index contributed by atoms with van der Waals surface area (Å²) in [6.45, 7) is 0. The Morgan fingerprint density at radius 2 is 0.711 bits per heavy atom. The molecule has 0 saturated carbocycles. The van der Waals surface area contributed by atoms with Crippen molar-refractivity contribution in [1.82, 2.24) is 0 Å². The molecule has 0 aliphatic rings. The molecule has 0 aliphatic heterocycles. The summed E-state index contributed by atoms with van der Waals surface area (Å²) in [6.07, 6.45) is 0. The van der Waals surface area contributed by atoms with Gasteiger partial charge in [-0.2, -0.15) is 0 Å². The second kappa shape index (κ2) is 9.64. The Bertz CT molecular complexity index is 2460. The first-order chi connectivity index (χ1) is 22.2. The van der Waals surface area contributed by atoms with E-state index in [4.69, 9.17) is 4.42 Å². The fourth-order valence-electron chi connectivity index (χ4n) is 6.84. The van der Waals surface area contributed by atoms with Gasteiger partial charge in [0.1, 0.15) is 11.2 Å². The lowest BCUT2D eigenvalue weighted by molar-refractivity contribution is 0.669. The van der Waals surface area contributed by atoms with Crippen LogP contribution in [0.3, 0.4) is 0 Å². The van der Waals surface area contributed by atoms with Crippen molar-refractivity contribution in [3.8, 4) is 33.4 Å². The second-order valence-electron chi connectivity index (χ2n) is 11.7. The van der Waals surface area contributed by atoms with Crippen LogP contribution in [0, 0.1) is 0 Å². The fourth-order valence-corrected chi connectivity index (χ4v) is 9.02. The minimum atomic E-state index is 0.918. The van der Waals surface area contributed by atoms with Gasteiger partial charge < -0.3 is 4.42 Å². The molecule has 1 nitrogen and oxygen atoms in total. The van der Waals surface area contributed by atoms with Crippen molar-refractivity contribution in [3.63, 3.8) is 0 Å². The third-order valence-electron chi connectivity index (χ3n) is 9.06. The lowest BCUT2D eigenvalue weighted by atomic mass is 9.92. The molecule has 0 bridgehead atoms. The fraction of sp³-hybridized carbons (Fsp3) is 0. The van der Waals surface area contributed by atoms with E-state index in [1.165, 1.54) is 73.7 Å². The molecule has 7 aromatic carbocycles. The van der Waals surface area contributed by atoms with Crippen molar-refractivity contribution in [1.29, 1.82) is 0 Å². The van der Waals surface area contributed by atoms with Gasteiger partial charge in [0.2, 0.25) is 0 Å². The lowest BCUT2D eigenvalue weighted by Gasteiger charge is -2.12. The maximum absolute atomic E-state index is 6.17. The Kier molecular flexibility index (Phi) is 5.39. The molecule has 0 fully saturated rings. The first-order valence-corrected chi connectivity index (χ1v) is 16.8. The standard InChI is InChI=1S/C42H24OS2/c1-4-10-37-31(7-1)34-22-25(13-16-38(34)43-37)28-19-29(26-14-17-41-35(23-26)32-8-2-5-11-39(32)44-41)21-30(20-28)27-15-18-42-36(24-27)33-9-3-6-12-40(33)45-42/h1-24H. The van der Waals surface area contributed by atoms with Crippen molar-refractivity contribution in [2.24, 2.45) is 0 Å². The molecule has 0 amide bonds. The molecule has 0 atom stereocenters. The minimum absolute atomic E-state index is 0.918. The van der Waals surface area contributed by atoms with Crippen molar-refractivity contribution < 1.29 is 4.42 Å². The number of thiophene rings is 2. The van der Waals surface area contributed by atoms with Crippen LogP contribution in [0.15, 0.2) is 150 Å². The summed E-state index contributed by atoms with van der Waals surface area (Å²) < 4.78 is 11.5. The van der Waals surface area contributed by atoms with Gasteiger partial charge in [0.25, 0.3) is 0 Å². The number of benzene rings is 7. The molecular formula is C42H24OS2. The third kappa shape index (κ3) is 3.98. The summed E-state index contributed by atoms with van der Waals surface area (Å²) >= 11 is 3.73. The van der Waals surface area contributed by atoms with Gasteiger partial charge >= 0.3 is 0 Å². The van der Waals surface area contributed by atoms with Crippen molar-refractivity contribution in [3.05, 3.63) is 146 Å². The number of furan rings is 1. The third-order valence-corrected chi connectivity index (χ3v) is 11.4. The Morgan fingerprint density at radius 3 is 1.29 bits per heavy atom. The quantitative estimate of drug-likeness (QED) is 0.194. The molecule has 10 aromatic rings. The van der Waals surface area contributed by atoms with Gasteiger partial charge in [-0.05, 0) is 106 Å². The van der Waals surface area contributed by atoms with Crippen molar-refractivity contribution in [2.45, 2.75) is 0 Å². The maximum Gasteiger partial charge on any atom is 0.135 e. The molecule has 45 heavy (non-hydrogen) atoms. The van der Waals surface area contributed by atoms with E-state index in [0.29, 0.717) is 0 Å². The summed E-state index contributed by atoms with van der Waals surface area (Å²) in [6, 6.07) is 53.3. The van der Waals surface area contributed by atoms with Crippen LogP contribution in [-0.4, -0.2) is 0 Å². The molecule has 0 radical (unpaired) electrons. The van der Waals surface area contributed by atoms with Gasteiger partial charge in [0.15, 0.2) is 0 Å². The van der Waals surface area contributed by atoms with E-state index in [-0.39, 0.29) is 0 Å². The number of para-hydroxylation sites is 1. The number of rotatable bonds is 3. The molecule has 3 aromatic heterocycles. The van der Waals surface area contributed by atoms with E-state index in [0.717, 1.165) is 21.9 Å². The Balaban J connectivity index is 1.21. The van der Waals surface area contributed by atoms with Crippen molar-refractivity contribution >= 4 is 85.0 Å². The van der Waals surface area contributed by atoms with Crippen LogP contribution in [0.1, 0.15) is 0 Å². The van der Waals surface area contributed by atoms with Gasteiger partial charge in [-0.15, -0.1) is 22.7 Å². The first kappa shape index (κ1) is 25.1. The highest BCUT2D eigenvalue weighted by molar-refractivity contribution is 7.26. The Morgan fingerprint density at radius 1 is 0.289 bits per heavy atom. The number of hydrogen-bond donors (Lipinski definition) is 0. The summed E-state index contributed by atoms with van der Waals surface area (Å²) in [5.74, 6) is 0. The van der Waals surface area contributed by atoms with Crippen molar-refractivity contribution in [2.75, 3.05) is 0 Å². The van der Waals surface area contributed by atoms with Crippen LogP contribution in [-0.2, 0) is 0 Å². The van der Waals surface area contributed by atoms with Crippen LogP contribution in [0.2, 0.25) is 0 Å². The largest absolute Gasteiger partial charge is 0.456 e. The van der Waals surface area contributed by atoms with Gasteiger partial charge in [-0.1, -0.05) is 72.8 Å². The SMILES string of the molecule is c1ccc2c(c1)oc1ccc(-c3cc(-c4ccc5sc6ccccc6c5c4)cc(-c4ccc5sc6ccccc6c5c4)c3)cc12. The molecule has 0 spiro atoms. The van der Waals surface area contributed by atoms with E-state index in [1.54, 1.807) is 0 Å². The van der Waals surface area contributed by atoms with E-state index in [9.17, 15) is 0 Å². The van der Waals surface area contributed by atoms with E-state index in [2.05, 4.69) is 133 Å². The molecule has 0 saturated heterocycles. The zero-order valence-corrected chi connectivity index (χ0v) is 25.7. The zero-order chi connectivity index (χ0) is 29.5. The molecule has 3 heteroatoms. The predicted octanol–water partition coefficient (Wildman–Crippen LogP) is 13.3. The van der Waals surface area contributed by atoms with E-state index in [1.807, 2.05) is 34.8 Å². The topological polar surface area (TPSA) is 13.1 Å². The average Bonchev–Trinajstić information content (AvgIpc) is 3.78. The lowest BCUT2D eigenvalue weighted by Crippen LogP contribution is -1.86. The monoisotopic (exact) mass is 608 g/mol. The average molecular weight is 609 g/mol. The van der Waals surface area contributed by atoms with Crippen LogP contribution in [0.25, 0.3) is 95.7 Å². The molecule has 0 N–H and O–H groups in total. The molecule has 0 aliphatic carbocycles. The Hall–Kier alpha value is -5.22. The van der Waals surface area contributed by atoms with Gasteiger partial charge in [-0.3, -0.25) is 0 Å². The molecule has 3 heterocycles. The highest BCUT2D eigenvalue weighted by Gasteiger charge is 2.14. The number of hydrogen-bond acceptors (Lipinski definition) is 3. The second-order valence-corrected chi connectivity index (χ2v) is 13.9. The van der Waals surface area contributed by atoms with E-state index >= 15 is 0 Å². The van der Waals surface area contributed by atoms with Gasteiger partial charge in [0, 0.05) is 51.1 Å². The molecular weight excluding hydrogens is 585 g/mol. The van der Waals surface area contributed by atoms with Crippen LogP contribution in [0.5, 0.6) is 0 Å². The Labute approximate surface area is 267 Å². The van der Waals surface area contributed by atoms with Crippen LogP contribution >= 0.6 is 22.7 Å². The van der Waals surface area contributed by atoms with Crippen LogP contribution < -0.4 is 0 Å². The highest BCUT2D eigenvalue weighted by atomic mass is 32.1. The summed E-state index contributed by atoms with van der Waals surface area (Å²) in [5.41, 5.74) is 9.10. The summed E-state index contributed by atoms with van der Waals surface area (Å²) in [5, 5.41) is 7.57. The highest BCUT2D eigenvalue weighted by Crippen LogP contribution is 2.41. The van der Waals surface area contributed by atoms with Gasteiger partial charge in [0.05, 0.1) is 0 Å². The minimum Gasteiger partial charge on any atom is -0.456 e. The van der Waals surface area contributed by atoms with E-state index < -0.39 is 0 Å². The van der Waals surface area contributed by atoms with Crippen LogP contribution in [0.4, 0.5) is 0 Å². The summed E-state index contributed by atoms with van der Waals surface area (Å²) in [7, 11) is 0. The van der Waals surface area contributed by atoms with Gasteiger partial charge in [-0.25, -0.2) is 0 Å². The summed E-state index contributed by atoms with van der Waals surface area (Å²) in [4.78, 5) is 0. The molecule has 10 rings (SSSR count). The zero-order valence-electron chi connectivity index (χ0n) is 24.1. The first-order valence-electron chi connectivity index (χ1n) is 15.2. The smallest absolute Gasteiger partial charge is 0.135 e. The molecule has 210 valence electrons. The predicted molar refractivity (Wildman–Crippen MR) is 196 cm³/mol. The normalized spacial score (nSPS) is 12.0. The number of fused-ring (bicyclic) bond motifs is 9. The molecule has 0 unspecified atom stereocenters.